The van der Waals surface area contributed by atoms with Crippen LogP contribution >= 0.6 is 15.9 Å². The lowest BCUT2D eigenvalue weighted by molar-refractivity contribution is -0.128. The van der Waals surface area contributed by atoms with E-state index < -0.39 is 12.0 Å². The monoisotopic (exact) mass is 402 g/mol. The van der Waals surface area contributed by atoms with E-state index in [-0.39, 0.29) is 5.91 Å². The molecule has 0 aliphatic heterocycles. The van der Waals surface area contributed by atoms with E-state index >= 15 is 0 Å². The third-order valence-corrected chi connectivity index (χ3v) is 4.63. The first-order valence-electron chi connectivity index (χ1n) is 8.17. The molecule has 2 N–H and O–H groups in total. The fraction of sp³-hybridized carbons (Fsp3) is 0.263. The molecule has 25 heavy (non-hydrogen) atoms. The van der Waals surface area contributed by atoms with Crippen LogP contribution in [0.4, 0.5) is 0 Å². The van der Waals surface area contributed by atoms with Gasteiger partial charge in [-0.15, -0.1) is 0 Å². The summed E-state index contributed by atoms with van der Waals surface area (Å²) in [6.45, 7) is 1.62. The lowest BCUT2D eigenvalue weighted by Crippen LogP contribution is -2.47. The minimum Gasteiger partial charge on any atom is -0.481 e. The van der Waals surface area contributed by atoms with Gasteiger partial charge in [-0.3, -0.25) is 20.4 Å². The molecule has 0 saturated heterocycles. The number of carbonyl (C=O) groups is 2. The van der Waals surface area contributed by atoms with Crippen molar-refractivity contribution in [3.63, 3.8) is 0 Å². The van der Waals surface area contributed by atoms with Crippen LogP contribution in [-0.4, -0.2) is 17.9 Å². The van der Waals surface area contributed by atoms with Crippen LogP contribution in [0.1, 0.15) is 34.8 Å². The molecule has 2 amide bonds. The van der Waals surface area contributed by atoms with Crippen molar-refractivity contribution in [2.45, 2.75) is 32.3 Å². The molecular weight excluding hydrogens is 384 g/mol. The molecule has 6 heteroatoms. The van der Waals surface area contributed by atoms with Gasteiger partial charge in [-0.05, 0) is 67.6 Å². The Labute approximate surface area is 154 Å². The Hall–Kier alpha value is -2.34. The van der Waals surface area contributed by atoms with Crippen LogP contribution in [0, 0.1) is 0 Å². The molecule has 0 radical (unpaired) electrons. The Bertz CT molecular complexity index is 807. The topological polar surface area (TPSA) is 67.4 Å². The molecule has 1 aliphatic rings. The van der Waals surface area contributed by atoms with Gasteiger partial charge in [0.2, 0.25) is 0 Å². The molecule has 3 rings (SSSR count). The number of rotatable bonds is 4. The summed E-state index contributed by atoms with van der Waals surface area (Å²) in [4.78, 5) is 24.3. The van der Waals surface area contributed by atoms with Gasteiger partial charge in [-0.1, -0.05) is 28.1 Å². The Morgan fingerprint density at radius 3 is 2.68 bits per heavy atom. The second kappa shape index (κ2) is 7.70. The SMILES string of the molecule is C[C@H](Oc1cccc(Br)c1)C(=O)NNC(=O)c1ccc2c(c1)CCC2. The molecule has 1 aliphatic carbocycles. The largest absolute Gasteiger partial charge is 0.481 e. The lowest BCUT2D eigenvalue weighted by atomic mass is 10.1. The molecular formula is C19H19BrN2O3. The van der Waals surface area contributed by atoms with Crippen molar-refractivity contribution in [1.29, 1.82) is 0 Å². The lowest BCUT2D eigenvalue weighted by Gasteiger charge is -2.15. The van der Waals surface area contributed by atoms with Crippen LogP contribution in [0.25, 0.3) is 0 Å². The fourth-order valence-corrected chi connectivity index (χ4v) is 3.18. The molecule has 2 aromatic carbocycles. The van der Waals surface area contributed by atoms with Gasteiger partial charge in [0.05, 0.1) is 0 Å². The summed E-state index contributed by atoms with van der Waals surface area (Å²) >= 11 is 3.35. The summed E-state index contributed by atoms with van der Waals surface area (Å²) in [5.41, 5.74) is 7.91. The molecule has 0 aromatic heterocycles. The van der Waals surface area contributed by atoms with Crippen LogP contribution in [0.2, 0.25) is 0 Å². The predicted molar refractivity (Wildman–Crippen MR) is 98.3 cm³/mol. The zero-order valence-electron chi connectivity index (χ0n) is 13.8. The van der Waals surface area contributed by atoms with Crippen LogP contribution in [0.3, 0.4) is 0 Å². The van der Waals surface area contributed by atoms with Gasteiger partial charge >= 0.3 is 0 Å². The Balaban J connectivity index is 1.53. The maximum absolute atomic E-state index is 12.2. The number of hydrogen-bond acceptors (Lipinski definition) is 3. The number of carbonyl (C=O) groups excluding carboxylic acids is 2. The number of amides is 2. The van der Waals surface area contributed by atoms with Crippen LogP contribution in [-0.2, 0) is 17.6 Å². The molecule has 0 bridgehead atoms. The second-order valence-electron chi connectivity index (χ2n) is 6.00. The molecule has 0 spiro atoms. The van der Waals surface area contributed by atoms with E-state index in [9.17, 15) is 9.59 Å². The highest BCUT2D eigenvalue weighted by molar-refractivity contribution is 9.10. The van der Waals surface area contributed by atoms with Crippen molar-refractivity contribution in [2.75, 3.05) is 0 Å². The van der Waals surface area contributed by atoms with E-state index in [1.54, 1.807) is 25.1 Å². The Morgan fingerprint density at radius 1 is 1.08 bits per heavy atom. The van der Waals surface area contributed by atoms with Gasteiger partial charge in [0.1, 0.15) is 5.75 Å². The van der Waals surface area contributed by atoms with Gasteiger partial charge in [-0.2, -0.15) is 0 Å². The molecule has 0 fully saturated rings. The quantitative estimate of drug-likeness (QED) is 0.771. The highest BCUT2D eigenvalue weighted by Crippen LogP contribution is 2.22. The average molecular weight is 403 g/mol. The number of fused-ring (bicyclic) bond motifs is 1. The zero-order valence-corrected chi connectivity index (χ0v) is 15.4. The van der Waals surface area contributed by atoms with Gasteiger partial charge in [0.15, 0.2) is 6.10 Å². The van der Waals surface area contributed by atoms with Gasteiger partial charge in [0.25, 0.3) is 11.8 Å². The summed E-state index contributed by atoms with van der Waals surface area (Å²) in [5.74, 6) is -0.186. The normalized spacial score (nSPS) is 13.7. The number of aryl methyl sites for hydroxylation is 2. The maximum Gasteiger partial charge on any atom is 0.279 e. The predicted octanol–water partition coefficient (Wildman–Crippen LogP) is 3.17. The first kappa shape index (κ1) is 17.5. The number of halogens is 1. The first-order valence-corrected chi connectivity index (χ1v) is 8.96. The third kappa shape index (κ3) is 4.39. The van der Waals surface area contributed by atoms with E-state index in [0.717, 1.165) is 23.7 Å². The van der Waals surface area contributed by atoms with Crippen molar-refractivity contribution in [1.82, 2.24) is 10.9 Å². The fourth-order valence-electron chi connectivity index (χ4n) is 2.80. The molecule has 2 aromatic rings. The van der Waals surface area contributed by atoms with E-state index in [0.29, 0.717) is 11.3 Å². The molecule has 0 saturated carbocycles. The van der Waals surface area contributed by atoms with E-state index in [4.69, 9.17) is 4.74 Å². The second-order valence-corrected chi connectivity index (χ2v) is 6.91. The molecule has 0 unspecified atom stereocenters. The van der Waals surface area contributed by atoms with Gasteiger partial charge < -0.3 is 4.74 Å². The smallest absolute Gasteiger partial charge is 0.279 e. The highest BCUT2D eigenvalue weighted by atomic mass is 79.9. The number of hydrogen-bond donors (Lipinski definition) is 2. The Kier molecular flexibility index (Phi) is 5.38. The number of benzene rings is 2. The van der Waals surface area contributed by atoms with Crippen molar-refractivity contribution in [3.05, 3.63) is 63.6 Å². The van der Waals surface area contributed by atoms with Crippen molar-refractivity contribution >= 4 is 27.7 Å². The molecule has 0 heterocycles. The third-order valence-electron chi connectivity index (χ3n) is 4.14. The van der Waals surface area contributed by atoms with Crippen LogP contribution < -0.4 is 15.6 Å². The van der Waals surface area contributed by atoms with Crippen molar-refractivity contribution in [3.8, 4) is 5.75 Å². The van der Waals surface area contributed by atoms with Crippen LogP contribution in [0.5, 0.6) is 5.75 Å². The number of hydrazine groups is 1. The standard InChI is InChI=1S/C19H19BrN2O3/c1-12(25-17-7-3-6-16(20)11-17)18(23)21-22-19(24)15-9-8-13-4-2-5-14(13)10-15/h3,6-12H,2,4-5H2,1H3,(H,21,23)(H,22,24)/t12-/m0/s1. The summed E-state index contributed by atoms with van der Waals surface area (Å²) in [5, 5.41) is 0. The average Bonchev–Trinajstić information content (AvgIpc) is 3.07. The first-order chi connectivity index (χ1) is 12.0. The van der Waals surface area contributed by atoms with Crippen molar-refractivity contribution < 1.29 is 14.3 Å². The highest BCUT2D eigenvalue weighted by Gasteiger charge is 2.17. The van der Waals surface area contributed by atoms with E-state index in [1.807, 2.05) is 24.3 Å². The molecule has 130 valence electrons. The summed E-state index contributed by atoms with van der Waals surface area (Å²) in [6, 6.07) is 12.9. The Morgan fingerprint density at radius 2 is 1.88 bits per heavy atom. The summed E-state index contributed by atoms with van der Waals surface area (Å²) in [7, 11) is 0. The number of ether oxygens (including phenoxy) is 1. The minimum absolute atomic E-state index is 0.335. The zero-order chi connectivity index (χ0) is 17.8. The van der Waals surface area contributed by atoms with Crippen molar-refractivity contribution in [2.24, 2.45) is 0 Å². The summed E-state index contributed by atoms with van der Waals surface area (Å²) < 4.78 is 6.43. The van der Waals surface area contributed by atoms with E-state index in [1.165, 1.54) is 11.1 Å². The number of nitrogens with one attached hydrogen (secondary N) is 2. The van der Waals surface area contributed by atoms with Crippen LogP contribution in [0.15, 0.2) is 46.9 Å². The van der Waals surface area contributed by atoms with E-state index in [2.05, 4.69) is 26.8 Å². The molecule has 1 atom stereocenters. The maximum atomic E-state index is 12.2. The van der Waals surface area contributed by atoms with Gasteiger partial charge in [-0.25, -0.2) is 0 Å². The molecule has 5 nitrogen and oxygen atoms in total. The van der Waals surface area contributed by atoms with Gasteiger partial charge in [0, 0.05) is 10.0 Å². The summed E-state index contributed by atoms with van der Waals surface area (Å²) in [6.07, 6.45) is 2.45. The minimum atomic E-state index is -0.741.